The Labute approximate surface area is 88.0 Å². The Bertz CT molecular complexity index is 132. The van der Waals surface area contributed by atoms with Crippen molar-refractivity contribution in [2.75, 3.05) is 6.61 Å². The molecule has 0 aliphatic carbocycles. The lowest BCUT2D eigenvalue weighted by Gasteiger charge is -2.03. The Balaban J connectivity index is 3.01. The van der Waals surface area contributed by atoms with E-state index in [9.17, 15) is 4.79 Å². The number of hydrogen-bond donors (Lipinski definition) is 0. The van der Waals surface area contributed by atoms with E-state index < -0.39 is 0 Å². The van der Waals surface area contributed by atoms with E-state index in [0.717, 1.165) is 12.8 Å². The van der Waals surface area contributed by atoms with Gasteiger partial charge in [0, 0.05) is 6.42 Å². The van der Waals surface area contributed by atoms with E-state index in [-0.39, 0.29) is 5.97 Å². The molecule has 0 spiro atoms. The van der Waals surface area contributed by atoms with Crippen LogP contribution in [0.5, 0.6) is 0 Å². The molecule has 0 atom stereocenters. The molecule has 0 aromatic heterocycles. The molecule has 0 unspecified atom stereocenters. The molecule has 0 saturated carbocycles. The highest BCUT2D eigenvalue weighted by Crippen LogP contribution is 2.05. The van der Waals surface area contributed by atoms with Crippen molar-refractivity contribution in [3.63, 3.8) is 0 Å². The van der Waals surface area contributed by atoms with Gasteiger partial charge < -0.3 is 4.74 Å². The average molecular weight is 200 g/mol. The molecule has 0 aromatic rings. The number of unbranched alkanes of at least 4 members (excludes halogenated alkanes) is 5. The van der Waals surface area contributed by atoms with Crippen LogP contribution < -0.4 is 0 Å². The smallest absolute Gasteiger partial charge is 0.305 e. The van der Waals surface area contributed by atoms with Crippen LogP contribution in [0, 0.1) is 0 Å². The van der Waals surface area contributed by atoms with Crippen LogP contribution in [0.4, 0.5) is 0 Å². The SMILES string of the molecule is CCCCCCCCOC(=O)CCC. The first-order valence-electron chi connectivity index (χ1n) is 5.96. The molecular formula is C12H24O2. The second-order valence-corrected chi connectivity index (χ2v) is 3.74. The van der Waals surface area contributed by atoms with Crippen molar-refractivity contribution < 1.29 is 9.53 Å². The summed E-state index contributed by atoms with van der Waals surface area (Å²) >= 11 is 0. The molecule has 0 rings (SSSR count). The van der Waals surface area contributed by atoms with Gasteiger partial charge in [0.25, 0.3) is 0 Å². The molecule has 0 aromatic carbocycles. The lowest BCUT2D eigenvalue weighted by molar-refractivity contribution is -0.143. The maximum absolute atomic E-state index is 11.0. The Kier molecular flexibility index (Phi) is 10.2. The lowest BCUT2D eigenvalue weighted by Crippen LogP contribution is -2.04. The van der Waals surface area contributed by atoms with Crippen molar-refractivity contribution in [3.8, 4) is 0 Å². The molecule has 0 saturated heterocycles. The molecule has 84 valence electrons. The highest BCUT2D eigenvalue weighted by atomic mass is 16.5. The summed E-state index contributed by atoms with van der Waals surface area (Å²) in [6.45, 7) is 4.82. The number of carbonyl (C=O) groups excluding carboxylic acids is 1. The zero-order valence-electron chi connectivity index (χ0n) is 9.68. The Morgan fingerprint density at radius 3 is 2.21 bits per heavy atom. The summed E-state index contributed by atoms with van der Waals surface area (Å²) < 4.78 is 5.05. The first kappa shape index (κ1) is 13.5. The molecule has 0 aliphatic heterocycles. The van der Waals surface area contributed by atoms with Crippen molar-refractivity contribution in [2.45, 2.75) is 65.2 Å². The summed E-state index contributed by atoms with van der Waals surface area (Å²) in [7, 11) is 0. The molecule has 0 amide bonds. The maximum Gasteiger partial charge on any atom is 0.305 e. The number of hydrogen-bond acceptors (Lipinski definition) is 2. The van der Waals surface area contributed by atoms with E-state index in [2.05, 4.69) is 6.92 Å². The Morgan fingerprint density at radius 1 is 0.929 bits per heavy atom. The largest absolute Gasteiger partial charge is 0.466 e. The number of esters is 1. The number of carbonyl (C=O) groups is 1. The van der Waals surface area contributed by atoms with Crippen LogP contribution in [0.1, 0.15) is 65.2 Å². The van der Waals surface area contributed by atoms with Gasteiger partial charge in [0.1, 0.15) is 0 Å². The highest BCUT2D eigenvalue weighted by molar-refractivity contribution is 5.69. The van der Waals surface area contributed by atoms with Crippen molar-refractivity contribution in [3.05, 3.63) is 0 Å². The van der Waals surface area contributed by atoms with Crippen molar-refractivity contribution in [1.29, 1.82) is 0 Å². The van der Waals surface area contributed by atoms with Crippen LogP contribution in [-0.2, 0) is 9.53 Å². The first-order valence-corrected chi connectivity index (χ1v) is 5.96. The van der Waals surface area contributed by atoms with Gasteiger partial charge in [0.15, 0.2) is 0 Å². The van der Waals surface area contributed by atoms with E-state index in [1.165, 1.54) is 32.1 Å². The van der Waals surface area contributed by atoms with Crippen LogP contribution in [0.15, 0.2) is 0 Å². The summed E-state index contributed by atoms with van der Waals surface area (Å²) in [6, 6.07) is 0. The molecule has 2 heteroatoms. The number of ether oxygens (including phenoxy) is 1. The summed E-state index contributed by atoms with van der Waals surface area (Å²) in [4.78, 5) is 11.0. The lowest BCUT2D eigenvalue weighted by atomic mass is 10.1. The molecule has 0 bridgehead atoms. The van der Waals surface area contributed by atoms with E-state index in [1.807, 2.05) is 6.92 Å². The minimum atomic E-state index is -0.0407. The average Bonchev–Trinajstić information content (AvgIpc) is 2.17. The minimum absolute atomic E-state index is 0.0407. The van der Waals surface area contributed by atoms with E-state index >= 15 is 0 Å². The fraction of sp³-hybridized carbons (Fsp3) is 0.917. The predicted molar refractivity (Wildman–Crippen MR) is 59.2 cm³/mol. The quantitative estimate of drug-likeness (QED) is 0.419. The Hall–Kier alpha value is -0.530. The van der Waals surface area contributed by atoms with Crippen LogP contribution in [0.25, 0.3) is 0 Å². The van der Waals surface area contributed by atoms with Crippen LogP contribution >= 0.6 is 0 Å². The minimum Gasteiger partial charge on any atom is -0.466 e. The summed E-state index contributed by atoms with van der Waals surface area (Å²) in [5, 5.41) is 0. The molecule has 0 N–H and O–H groups in total. The van der Waals surface area contributed by atoms with Gasteiger partial charge in [-0.05, 0) is 12.8 Å². The standard InChI is InChI=1S/C12H24O2/c1-3-5-6-7-8-9-11-14-12(13)10-4-2/h3-11H2,1-2H3. The molecule has 0 radical (unpaired) electrons. The van der Waals surface area contributed by atoms with Gasteiger partial charge in [-0.1, -0.05) is 46.0 Å². The second-order valence-electron chi connectivity index (χ2n) is 3.74. The van der Waals surface area contributed by atoms with Crippen molar-refractivity contribution >= 4 is 5.97 Å². The topological polar surface area (TPSA) is 26.3 Å². The molecule has 0 heterocycles. The van der Waals surface area contributed by atoms with Gasteiger partial charge in [0.2, 0.25) is 0 Å². The van der Waals surface area contributed by atoms with Crippen LogP contribution in [0.2, 0.25) is 0 Å². The highest BCUT2D eigenvalue weighted by Gasteiger charge is 1.99. The monoisotopic (exact) mass is 200 g/mol. The second kappa shape index (κ2) is 10.6. The van der Waals surface area contributed by atoms with Gasteiger partial charge >= 0.3 is 5.97 Å². The first-order chi connectivity index (χ1) is 6.81. The Morgan fingerprint density at radius 2 is 1.57 bits per heavy atom. The van der Waals surface area contributed by atoms with Crippen LogP contribution in [0.3, 0.4) is 0 Å². The van der Waals surface area contributed by atoms with Gasteiger partial charge in [-0.25, -0.2) is 0 Å². The maximum atomic E-state index is 11.0. The fourth-order valence-corrected chi connectivity index (χ4v) is 1.34. The van der Waals surface area contributed by atoms with Gasteiger partial charge in [-0.15, -0.1) is 0 Å². The zero-order chi connectivity index (χ0) is 10.6. The van der Waals surface area contributed by atoms with E-state index in [0.29, 0.717) is 13.0 Å². The fourth-order valence-electron chi connectivity index (χ4n) is 1.34. The molecule has 0 aliphatic rings. The third-order valence-electron chi connectivity index (χ3n) is 2.22. The molecule has 14 heavy (non-hydrogen) atoms. The van der Waals surface area contributed by atoms with Crippen molar-refractivity contribution in [2.24, 2.45) is 0 Å². The molecular weight excluding hydrogens is 176 g/mol. The van der Waals surface area contributed by atoms with Gasteiger partial charge in [0.05, 0.1) is 6.61 Å². The summed E-state index contributed by atoms with van der Waals surface area (Å²) in [5.41, 5.74) is 0. The zero-order valence-corrected chi connectivity index (χ0v) is 9.68. The normalized spacial score (nSPS) is 10.1. The summed E-state index contributed by atoms with van der Waals surface area (Å²) in [5.74, 6) is -0.0407. The van der Waals surface area contributed by atoms with Gasteiger partial charge in [-0.2, -0.15) is 0 Å². The van der Waals surface area contributed by atoms with Crippen LogP contribution in [-0.4, -0.2) is 12.6 Å². The third kappa shape index (κ3) is 9.56. The van der Waals surface area contributed by atoms with E-state index in [1.54, 1.807) is 0 Å². The summed E-state index contributed by atoms with van der Waals surface area (Å²) in [6.07, 6.45) is 8.88. The number of rotatable bonds is 9. The van der Waals surface area contributed by atoms with Gasteiger partial charge in [-0.3, -0.25) is 4.79 Å². The van der Waals surface area contributed by atoms with E-state index in [4.69, 9.17) is 4.74 Å². The third-order valence-corrected chi connectivity index (χ3v) is 2.22. The predicted octanol–water partition coefficient (Wildman–Crippen LogP) is 3.69. The molecule has 0 fully saturated rings. The molecule has 2 nitrogen and oxygen atoms in total. The van der Waals surface area contributed by atoms with Crippen molar-refractivity contribution in [1.82, 2.24) is 0 Å².